The van der Waals surface area contributed by atoms with E-state index in [1.54, 1.807) is 0 Å². The van der Waals surface area contributed by atoms with Gasteiger partial charge in [0, 0.05) is 60.4 Å². The molecule has 2 aromatic heterocycles. The molecule has 3 aromatic rings. The Morgan fingerprint density at radius 3 is 2.52 bits per heavy atom. The van der Waals surface area contributed by atoms with Crippen LogP contribution in [0.25, 0.3) is 10.9 Å². The van der Waals surface area contributed by atoms with E-state index in [0.717, 1.165) is 58.3 Å². The van der Waals surface area contributed by atoms with Crippen LogP contribution in [0.1, 0.15) is 77.3 Å². The molecule has 33 heavy (non-hydrogen) atoms. The number of hydrogen-bond acceptors (Lipinski definition) is 3. The number of nitrogens with one attached hydrogen (secondary N) is 2. The minimum absolute atomic E-state index is 0.153. The standard InChI is InChI=1S/C26H31N3O3S/c1-15-10-17(3)28-26(31)22(15)13-27-25(30)21-11-20(33(32)19-8-9-19)12-23-24(21)16(2)14-29(23)18-6-4-5-7-18/h10-12,14,18-19H,4-9,13H2,1-3H3,(H,27,30)(H,28,31). The molecular weight excluding hydrogens is 434 g/mol. The lowest BCUT2D eigenvalue weighted by Crippen LogP contribution is -2.28. The summed E-state index contributed by atoms with van der Waals surface area (Å²) in [7, 11) is 0. The van der Waals surface area contributed by atoms with Crippen LogP contribution in [0.2, 0.25) is 0 Å². The summed E-state index contributed by atoms with van der Waals surface area (Å²) in [6.45, 7) is 5.92. The van der Waals surface area contributed by atoms with E-state index < -0.39 is 11.2 Å². The number of aromatic nitrogens is 2. The highest BCUT2D eigenvalue weighted by Crippen LogP contribution is 2.39. The fraction of sp³-hybridized carbons (Fsp3) is 0.462. The second-order valence-corrected chi connectivity index (χ2v) is 11.4. The first-order chi connectivity index (χ1) is 15.8. The van der Waals surface area contributed by atoms with Crippen LogP contribution >= 0.6 is 0 Å². The third-order valence-corrected chi connectivity index (χ3v) is 8.82. The molecule has 7 heteroatoms. The van der Waals surface area contributed by atoms with Crippen molar-refractivity contribution in [3.05, 3.63) is 62.7 Å². The average molecular weight is 466 g/mol. The summed E-state index contributed by atoms with van der Waals surface area (Å²) >= 11 is -1.11. The van der Waals surface area contributed by atoms with Gasteiger partial charge in [-0.25, -0.2) is 0 Å². The van der Waals surface area contributed by atoms with Crippen LogP contribution in [0.3, 0.4) is 0 Å². The Bertz CT molecular complexity index is 1280. The summed E-state index contributed by atoms with van der Waals surface area (Å²) < 4.78 is 15.4. The van der Waals surface area contributed by atoms with Gasteiger partial charge < -0.3 is 19.4 Å². The number of nitrogens with zero attached hydrogens (tertiary/aromatic N) is 1. The highest BCUT2D eigenvalue weighted by molar-refractivity contribution is 7.92. The molecule has 2 aliphatic carbocycles. The molecule has 2 saturated carbocycles. The van der Waals surface area contributed by atoms with Gasteiger partial charge in [0.2, 0.25) is 0 Å². The number of carbonyl (C=O) groups excluding carboxylic acids is 1. The van der Waals surface area contributed by atoms with Crippen LogP contribution < -0.4 is 10.9 Å². The molecule has 5 rings (SSSR count). The zero-order valence-corrected chi connectivity index (χ0v) is 20.3. The number of hydrogen-bond donors (Lipinski definition) is 2. The normalized spacial score (nSPS) is 17.6. The van der Waals surface area contributed by atoms with Crippen molar-refractivity contribution >= 4 is 28.0 Å². The molecule has 1 amide bonds. The third kappa shape index (κ3) is 4.24. The summed E-state index contributed by atoms with van der Waals surface area (Å²) in [4.78, 5) is 29.4. The predicted molar refractivity (Wildman–Crippen MR) is 131 cm³/mol. The van der Waals surface area contributed by atoms with Crippen LogP contribution in [0.5, 0.6) is 0 Å². The Morgan fingerprint density at radius 2 is 1.85 bits per heavy atom. The van der Waals surface area contributed by atoms with E-state index in [4.69, 9.17) is 0 Å². The summed E-state index contributed by atoms with van der Waals surface area (Å²) in [6.07, 6.45) is 8.81. The number of aromatic amines is 1. The number of fused-ring (bicyclic) bond motifs is 1. The lowest BCUT2D eigenvalue weighted by atomic mass is 10.1. The summed E-state index contributed by atoms with van der Waals surface area (Å²) in [5.41, 5.74) is 4.64. The van der Waals surface area contributed by atoms with Crippen LogP contribution in [0.15, 0.2) is 34.1 Å². The monoisotopic (exact) mass is 465 g/mol. The molecule has 0 aliphatic heterocycles. The van der Waals surface area contributed by atoms with Crippen LogP contribution in [0, 0.1) is 20.8 Å². The quantitative estimate of drug-likeness (QED) is 0.523. The summed E-state index contributed by atoms with van der Waals surface area (Å²) in [5, 5.41) is 4.08. The van der Waals surface area contributed by atoms with E-state index in [-0.39, 0.29) is 23.3 Å². The first-order valence-corrected chi connectivity index (χ1v) is 13.1. The molecule has 0 saturated heterocycles. The van der Waals surface area contributed by atoms with Gasteiger partial charge in [-0.3, -0.25) is 9.59 Å². The second kappa shape index (κ2) is 8.69. The fourth-order valence-electron chi connectivity index (χ4n) is 5.18. The van der Waals surface area contributed by atoms with Gasteiger partial charge in [0.25, 0.3) is 11.5 Å². The number of rotatable bonds is 6. The maximum Gasteiger partial charge on any atom is 0.253 e. The van der Waals surface area contributed by atoms with E-state index in [9.17, 15) is 14.1 Å². The number of aryl methyl sites for hydroxylation is 3. The van der Waals surface area contributed by atoms with Gasteiger partial charge in [-0.2, -0.15) is 0 Å². The van der Waals surface area contributed by atoms with Crippen molar-refractivity contribution in [3.8, 4) is 0 Å². The van der Waals surface area contributed by atoms with E-state index in [1.165, 1.54) is 12.8 Å². The SMILES string of the molecule is Cc1cc(C)c(CNC(=O)c2cc([S+]([O-])C3CC3)cc3c2c(C)cn3C2CCCC2)c(=O)[nH]1. The van der Waals surface area contributed by atoms with E-state index in [1.807, 2.05) is 39.0 Å². The minimum atomic E-state index is -1.11. The van der Waals surface area contributed by atoms with Crippen molar-refractivity contribution < 1.29 is 9.35 Å². The van der Waals surface area contributed by atoms with Crippen LogP contribution in [-0.2, 0) is 17.7 Å². The molecule has 1 unspecified atom stereocenters. The second-order valence-electron chi connectivity index (χ2n) is 9.65. The highest BCUT2D eigenvalue weighted by atomic mass is 32.2. The zero-order chi connectivity index (χ0) is 23.3. The van der Waals surface area contributed by atoms with Crippen molar-refractivity contribution in [2.24, 2.45) is 0 Å². The summed E-state index contributed by atoms with van der Waals surface area (Å²) in [5.74, 6) is -0.235. The molecule has 1 atom stereocenters. The molecule has 174 valence electrons. The Hall–Kier alpha value is -2.51. The number of pyridine rings is 1. The molecule has 0 bridgehead atoms. The molecular formula is C26H31N3O3S. The van der Waals surface area contributed by atoms with Gasteiger partial charge in [-0.05, 0) is 62.0 Å². The van der Waals surface area contributed by atoms with E-state index >= 15 is 0 Å². The highest BCUT2D eigenvalue weighted by Gasteiger charge is 2.37. The first kappa shape index (κ1) is 22.3. The van der Waals surface area contributed by atoms with Crippen molar-refractivity contribution in [2.45, 2.75) is 82.0 Å². The Morgan fingerprint density at radius 1 is 1.12 bits per heavy atom. The van der Waals surface area contributed by atoms with Crippen LogP contribution in [-0.4, -0.2) is 25.3 Å². The van der Waals surface area contributed by atoms with Crippen molar-refractivity contribution in [3.63, 3.8) is 0 Å². The number of amides is 1. The minimum Gasteiger partial charge on any atom is -0.611 e. The summed E-state index contributed by atoms with van der Waals surface area (Å²) in [6, 6.07) is 6.19. The largest absolute Gasteiger partial charge is 0.611 e. The predicted octanol–water partition coefficient (Wildman–Crippen LogP) is 4.57. The van der Waals surface area contributed by atoms with Gasteiger partial charge in [0.05, 0.1) is 11.1 Å². The first-order valence-electron chi connectivity index (χ1n) is 11.9. The van der Waals surface area contributed by atoms with Gasteiger partial charge in [-0.1, -0.05) is 12.8 Å². The smallest absolute Gasteiger partial charge is 0.253 e. The van der Waals surface area contributed by atoms with Crippen molar-refractivity contribution in [1.29, 1.82) is 0 Å². The maximum absolute atomic E-state index is 13.4. The Kier molecular flexibility index (Phi) is 5.87. The number of benzene rings is 1. The fourth-order valence-corrected chi connectivity index (χ4v) is 6.59. The number of H-pyrrole nitrogens is 1. The Balaban J connectivity index is 1.54. The third-order valence-electron chi connectivity index (χ3n) is 7.04. The molecule has 2 heterocycles. The zero-order valence-electron chi connectivity index (χ0n) is 19.5. The van der Waals surface area contributed by atoms with Gasteiger partial charge >= 0.3 is 0 Å². The molecule has 1 aromatic carbocycles. The lowest BCUT2D eigenvalue weighted by Gasteiger charge is -2.16. The number of carbonyl (C=O) groups is 1. The van der Waals surface area contributed by atoms with Gasteiger partial charge in [0.1, 0.15) is 5.25 Å². The van der Waals surface area contributed by atoms with Gasteiger partial charge in [0.15, 0.2) is 4.90 Å². The average Bonchev–Trinajstić information content (AvgIpc) is 3.38. The van der Waals surface area contributed by atoms with Crippen molar-refractivity contribution in [2.75, 3.05) is 0 Å². The van der Waals surface area contributed by atoms with E-state index in [0.29, 0.717) is 17.2 Å². The molecule has 6 nitrogen and oxygen atoms in total. The molecule has 2 N–H and O–H groups in total. The van der Waals surface area contributed by atoms with Gasteiger partial charge in [-0.15, -0.1) is 0 Å². The topological polar surface area (TPSA) is 89.9 Å². The van der Waals surface area contributed by atoms with Crippen molar-refractivity contribution in [1.82, 2.24) is 14.9 Å². The van der Waals surface area contributed by atoms with E-state index in [2.05, 4.69) is 21.1 Å². The lowest BCUT2D eigenvalue weighted by molar-refractivity contribution is 0.0952. The molecule has 0 spiro atoms. The maximum atomic E-state index is 13.4. The molecule has 2 fully saturated rings. The molecule has 2 aliphatic rings. The van der Waals surface area contributed by atoms with Crippen LogP contribution in [0.4, 0.5) is 0 Å². The molecule has 0 radical (unpaired) electrons. The Labute approximate surface area is 197 Å².